The van der Waals surface area contributed by atoms with Crippen LogP contribution >= 0.6 is 11.3 Å². The highest BCUT2D eigenvalue weighted by molar-refractivity contribution is 7.09. The van der Waals surface area contributed by atoms with Crippen molar-refractivity contribution in [3.63, 3.8) is 0 Å². The number of hydrogen-bond acceptors (Lipinski definition) is 3. The van der Waals surface area contributed by atoms with E-state index in [1.54, 1.807) is 11.7 Å². The number of halogens is 2. The van der Waals surface area contributed by atoms with Crippen molar-refractivity contribution in [3.8, 4) is 0 Å². The molecule has 16 heavy (non-hydrogen) atoms. The molecule has 1 aromatic heterocycles. The minimum Gasteiger partial charge on any atom is -0.323 e. The fourth-order valence-electron chi connectivity index (χ4n) is 1.53. The average molecular weight is 240 g/mol. The Bertz CT molecular complexity index is 451. The second-order valence-corrected chi connectivity index (χ2v) is 4.38. The van der Waals surface area contributed by atoms with Crippen LogP contribution in [0.5, 0.6) is 0 Å². The van der Waals surface area contributed by atoms with E-state index in [2.05, 4.69) is 4.98 Å². The summed E-state index contributed by atoms with van der Waals surface area (Å²) in [5.41, 5.74) is 7.39. The molecule has 2 aromatic rings. The Labute approximate surface area is 95.7 Å². The van der Waals surface area contributed by atoms with Crippen LogP contribution in [0.25, 0.3) is 0 Å². The third-order valence-electron chi connectivity index (χ3n) is 2.28. The Morgan fingerprint density at radius 1 is 1.31 bits per heavy atom. The first-order chi connectivity index (χ1) is 7.68. The van der Waals surface area contributed by atoms with E-state index in [9.17, 15) is 8.78 Å². The molecule has 1 atom stereocenters. The molecule has 0 aliphatic carbocycles. The van der Waals surface area contributed by atoms with Gasteiger partial charge in [0.1, 0.15) is 11.6 Å². The topological polar surface area (TPSA) is 38.9 Å². The number of aromatic nitrogens is 1. The second-order valence-electron chi connectivity index (χ2n) is 3.41. The molecule has 0 spiro atoms. The summed E-state index contributed by atoms with van der Waals surface area (Å²) in [7, 11) is 0. The standard InChI is InChI=1S/C11H10F2N2S/c12-8-2-1-3-9(13)11(8)10(14)4-7-5-15-6-16-7/h1-3,5-6,10H,4,14H2. The van der Waals surface area contributed by atoms with Crippen molar-refractivity contribution in [1.82, 2.24) is 4.98 Å². The number of benzene rings is 1. The number of thiazole rings is 1. The minimum absolute atomic E-state index is 0.0594. The Balaban J connectivity index is 2.24. The van der Waals surface area contributed by atoms with Gasteiger partial charge in [0.25, 0.3) is 0 Å². The average Bonchev–Trinajstić information content (AvgIpc) is 2.70. The Kier molecular flexibility index (Phi) is 3.26. The van der Waals surface area contributed by atoms with Gasteiger partial charge >= 0.3 is 0 Å². The van der Waals surface area contributed by atoms with Gasteiger partial charge in [-0.05, 0) is 12.1 Å². The monoisotopic (exact) mass is 240 g/mol. The van der Waals surface area contributed by atoms with Gasteiger partial charge in [-0.1, -0.05) is 6.07 Å². The minimum atomic E-state index is -0.679. The summed E-state index contributed by atoms with van der Waals surface area (Å²) in [6.45, 7) is 0. The van der Waals surface area contributed by atoms with Gasteiger partial charge in [-0.2, -0.15) is 0 Å². The number of nitrogens with zero attached hydrogens (tertiary/aromatic N) is 1. The first-order valence-electron chi connectivity index (χ1n) is 4.75. The maximum Gasteiger partial charge on any atom is 0.130 e. The molecule has 0 amide bonds. The molecule has 1 aromatic carbocycles. The zero-order valence-corrected chi connectivity index (χ0v) is 9.18. The van der Waals surface area contributed by atoms with Crippen molar-refractivity contribution in [2.24, 2.45) is 5.73 Å². The molecule has 1 unspecified atom stereocenters. The molecule has 2 N–H and O–H groups in total. The van der Waals surface area contributed by atoms with Gasteiger partial charge in [0.15, 0.2) is 0 Å². The summed E-state index contributed by atoms with van der Waals surface area (Å²) >= 11 is 1.42. The number of rotatable bonds is 3. The van der Waals surface area contributed by atoms with Crippen molar-refractivity contribution >= 4 is 11.3 Å². The summed E-state index contributed by atoms with van der Waals surface area (Å²) in [4.78, 5) is 4.80. The van der Waals surface area contributed by atoms with Crippen molar-refractivity contribution in [2.75, 3.05) is 0 Å². The summed E-state index contributed by atoms with van der Waals surface area (Å²) in [5.74, 6) is -1.20. The van der Waals surface area contributed by atoms with Gasteiger partial charge in [-0.3, -0.25) is 4.98 Å². The van der Waals surface area contributed by atoms with E-state index in [1.165, 1.54) is 29.5 Å². The van der Waals surface area contributed by atoms with E-state index in [0.717, 1.165) is 4.88 Å². The summed E-state index contributed by atoms with van der Waals surface area (Å²) in [5, 5.41) is 0. The third kappa shape index (κ3) is 2.25. The van der Waals surface area contributed by atoms with E-state index in [0.29, 0.717) is 6.42 Å². The van der Waals surface area contributed by atoms with Crippen LogP contribution in [0, 0.1) is 11.6 Å². The highest BCUT2D eigenvalue weighted by Crippen LogP contribution is 2.23. The predicted octanol–water partition coefficient (Wildman–Crippen LogP) is 2.66. The molecule has 0 aliphatic heterocycles. The smallest absolute Gasteiger partial charge is 0.130 e. The van der Waals surface area contributed by atoms with Crippen LogP contribution < -0.4 is 5.73 Å². The van der Waals surface area contributed by atoms with E-state index in [-0.39, 0.29) is 5.56 Å². The summed E-state index contributed by atoms with van der Waals surface area (Å²) in [6.07, 6.45) is 2.05. The molecule has 0 radical (unpaired) electrons. The molecule has 0 bridgehead atoms. The molecule has 0 saturated heterocycles. The Morgan fingerprint density at radius 3 is 2.56 bits per heavy atom. The van der Waals surface area contributed by atoms with E-state index < -0.39 is 17.7 Å². The van der Waals surface area contributed by atoms with Gasteiger partial charge < -0.3 is 5.73 Å². The van der Waals surface area contributed by atoms with Crippen LogP contribution in [0.4, 0.5) is 8.78 Å². The van der Waals surface area contributed by atoms with E-state index in [1.807, 2.05) is 0 Å². The van der Waals surface area contributed by atoms with Gasteiger partial charge in [-0.15, -0.1) is 11.3 Å². The SMILES string of the molecule is NC(Cc1cncs1)c1c(F)cccc1F. The molecule has 0 fully saturated rings. The van der Waals surface area contributed by atoms with E-state index >= 15 is 0 Å². The molecule has 84 valence electrons. The fraction of sp³-hybridized carbons (Fsp3) is 0.182. The molecule has 0 aliphatic rings. The van der Waals surface area contributed by atoms with Crippen LogP contribution in [0.1, 0.15) is 16.5 Å². The lowest BCUT2D eigenvalue weighted by molar-refractivity contribution is 0.525. The third-order valence-corrected chi connectivity index (χ3v) is 3.08. The van der Waals surface area contributed by atoms with Crippen LogP contribution in [-0.4, -0.2) is 4.98 Å². The first-order valence-corrected chi connectivity index (χ1v) is 5.63. The van der Waals surface area contributed by atoms with Crippen LogP contribution in [0.15, 0.2) is 29.9 Å². The van der Waals surface area contributed by atoms with Gasteiger partial charge in [0.2, 0.25) is 0 Å². The molecular formula is C11H10F2N2S. The lowest BCUT2D eigenvalue weighted by atomic mass is 10.0. The Morgan fingerprint density at radius 2 is 2.00 bits per heavy atom. The summed E-state index contributed by atoms with van der Waals surface area (Å²) in [6, 6.07) is 3.07. The molecule has 2 nitrogen and oxygen atoms in total. The van der Waals surface area contributed by atoms with Crippen molar-refractivity contribution in [1.29, 1.82) is 0 Å². The molecule has 0 saturated carbocycles. The van der Waals surface area contributed by atoms with Crippen LogP contribution in [0.2, 0.25) is 0 Å². The first kappa shape index (κ1) is 11.2. The largest absolute Gasteiger partial charge is 0.323 e. The highest BCUT2D eigenvalue weighted by Gasteiger charge is 2.17. The second kappa shape index (κ2) is 4.67. The maximum absolute atomic E-state index is 13.4. The van der Waals surface area contributed by atoms with Gasteiger partial charge in [0, 0.05) is 29.1 Å². The molecule has 2 rings (SSSR count). The van der Waals surface area contributed by atoms with Crippen LogP contribution in [-0.2, 0) is 6.42 Å². The maximum atomic E-state index is 13.4. The van der Waals surface area contributed by atoms with Gasteiger partial charge in [-0.25, -0.2) is 8.78 Å². The van der Waals surface area contributed by atoms with Crippen LogP contribution in [0.3, 0.4) is 0 Å². The Hall–Kier alpha value is -1.33. The highest BCUT2D eigenvalue weighted by atomic mass is 32.1. The van der Waals surface area contributed by atoms with E-state index in [4.69, 9.17) is 5.73 Å². The molecule has 5 heteroatoms. The summed E-state index contributed by atoms with van der Waals surface area (Å²) < 4.78 is 26.8. The number of hydrogen-bond donors (Lipinski definition) is 1. The van der Waals surface area contributed by atoms with Crippen molar-refractivity contribution < 1.29 is 8.78 Å². The zero-order chi connectivity index (χ0) is 11.5. The lowest BCUT2D eigenvalue weighted by Gasteiger charge is -2.12. The zero-order valence-electron chi connectivity index (χ0n) is 8.36. The normalized spacial score (nSPS) is 12.7. The number of nitrogens with two attached hydrogens (primary N) is 1. The molecular weight excluding hydrogens is 230 g/mol. The lowest BCUT2D eigenvalue weighted by Crippen LogP contribution is -2.16. The van der Waals surface area contributed by atoms with Gasteiger partial charge in [0.05, 0.1) is 5.51 Å². The van der Waals surface area contributed by atoms with Crippen molar-refractivity contribution in [2.45, 2.75) is 12.5 Å². The predicted molar refractivity (Wildman–Crippen MR) is 59.1 cm³/mol. The quantitative estimate of drug-likeness (QED) is 0.895. The molecule has 1 heterocycles. The fourth-order valence-corrected chi connectivity index (χ4v) is 2.18. The van der Waals surface area contributed by atoms with Crippen molar-refractivity contribution in [3.05, 3.63) is 52.0 Å².